The molecule has 1 N–H and O–H groups in total. The highest BCUT2D eigenvalue weighted by Crippen LogP contribution is 2.40. The maximum atomic E-state index is 13.4. The second-order valence-electron chi connectivity index (χ2n) is 5.71. The van der Waals surface area contributed by atoms with Crippen molar-refractivity contribution in [2.24, 2.45) is 0 Å². The van der Waals surface area contributed by atoms with E-state index in [1.165, 1.54) is 17.4 Å². The molecule has 0 bridgehead atoms. The standard InChI is InChI=1S/C19H18F3NOS.ClH/c1-23-9-7-17(13-5-3-2-4-6-13)24-14-11-16(19(20,21)22)15-8-10-25-18(15)12-14;/h2-6,8,10-12,17,23H,7,9H2,1H3;1H/t17-;/m1./s1. The normalized spacial score (nSPS) is 12.6. The van der Waals surface area contributed by atoms with Gasteiger partial charge in [0.1, 0.15) is 11.9 Å². The summed E-state index contributed by atoms with van der Waals surface area (Å²) in [5, 5.41) is 4.94. The number of thiophene rings is 1. The van der Waals surface area contributed by atoms with Gasteiger partial charge in [0.25, 0.3) is 0 Å². The molecule has 0 unspecified atom stereocenters. The Kier molecular flexibility index (Phi) is 6.92. The van der Waals surface area contributed by atoms with Gasteiger partial charge in [-0.15, -0.1) is 23.7 Å². The van der Waals surface area contributed by atoms with Crippen molar-refractivity contribution in [2.75, 3.05) is 13.6 Å². The van der Waals surface area contributed by atoms with Crippen molar-refractivity contribution >= 4 is 33.8 Å². The van der Waals surface area contributed by atoms with E-state index in [2.05, 4.69) is 5.32 Å². The first-order chi connectivity index (χ1) is 12.0. The largest absolute Gasteiger partial charge is 0.486 e. The lowest BCUT2D eigenvalue weighted by atomic mass is 10.1. The zero-order valence-corrected chi connectivity index (χ0v) is 15.7. The minimum Gasteiger partial charge on any atom is -0.486 e. The molecule has 3 rings (SSSR count). The van der Waals surface area contributed by atoms with Crippen molar-refractivity contribution in [2.45, 2.75) is 18.7 Å². The van der Waals surface area contributed by atoms with Crippen LogP contribution in [0.15, 0.2) is 53.9 Å². The molecule has 1 atom stereocenters. The number of ether oxygens (including phenoxy) is 1. The average molecular weight is 402 g/mol. The average Bonchev–Trinajstić information content (AvgIpc) is 3.06. The molecule has 0 fully saturated rings. The molecule has 0 aliphatic rings. The maximum absolute atomic E-state index is 13.4. The Hall–Kier alpha value is -1.76. The number of fused-ring (bicyclic) bond motifs is 1. The number of hydrogen-bond donors (Lipinski definition) is 1. The zero-order chi connectivity index (χ0) is 17.9. The number of alkyl halides is 3. The van der Waals surface area contributed by atoms with Gasteiger partial charge in [-0.25, -0.2) is 0 Å². The number of halogens is 4. The molecule has 7 heteroatoms. The van der Waals surface area contributed by atoms with E-state index in [4.69, 9.17) is 4.74 Å². The second-order valence-corrected chi connectivity index (χ2v) is 6.66. The first-order valence-electron chi connectivity index (χ1n) is 7.93. The van der Waals surface area contributed by atoms with E-state index >= 15 is 0 Å². The molecule has 0 amide bonds. The lowest BCUT2D eigenvalue weighted by molar-refractivity contribution is -0.136. The van der Waals surface area contributed by atoms with Gasteiger partial charge in [-0.05, 0) is 42.7 Å². The van der Waals surface area contributed by atoms with E-state index in [1.807, 2.05) is 37.4 Å². The predicted molar refractivity (Wildman–Crippen MR) is 102 cm³/mol. The molecule has 1 heterocycles. The van der Waals surface area contributed by atoms with Crippen LogP contribution < -0.4 is 10.1 Å². The van der Waals surface area contributed by atoms with Crippen LogP contribution in [-0.4, -0.2) is 13.6 Å². The minimum absolute atomic E-state index is 0. The van der Waals surface area contributed by atoms with Gasteiger partial charge in [-0.2, -0.15) is 13.2 Å². The van der Waals surface area contributed by atoms with E-state index in [0.29, 0.717) is 17.7 Å². The highest BCUT2D eigenvalue weighted by molar-refractivity contribution is 7.17. The van der Waals surface area contributed by atoms with Gasteiger partial charge >= 0.3 is 6.18 Å². The Bertz CT molecular complexity index is 836. The van der Waals surface area contributed by atoms with Gasteiger partial charge in [0, 0.05) is 16.5 Å². The Labute approximate surface area is 160 Å². The lowest BCUT2D eigenvalue weighted by Crippen LogP contribution is -2.16. The molecule has 0 saturated heterocycles. The van der Waals surface area contributed by atoms with Crippen molar-refractivity contribution in [3.05, 3.63) is 65.0 Å². The molecule has 2 aromatic carbocycles. The van der Waals surface area contributed by atoms with Gasteiger partial charge in [0.2, 0.25) is 0 Å². The van der Waals surface area contributed by atoms with Crippen molar-refractivity contribution in [3.63, 3.8) is 0 Å². The molecule has 2 nitrogen and oxygen atoms in total. The molecular weight excluding hydrogens is 383 g/mol. The molecule has 3 aromatic rings. The van der Waals surface area contributed by atoms with Gasteiger partial charge in [0.15, 0.2) is 0 Å². The summed E-state index contributed by atoms with van der Waals surface area (Å²) in [6.07, 6.45) is -4.07. The molecule has 0 radical (unpaired) electrons. The molecule has 0 spiro atoms. The summed E-state index contributed by atoms with van der Waals surface area (Å²) in [4.78, 5) is 0. The Morgan fingerprint density at radius 1 is 1.12 bits per heavy atom. The van der Waals surface area contributed by atoms with E-state index in [1.54, 1.807) is 11.4 Å². The molecule has 140 valence electrons. The Balaban J connectivity index is 0.00000243. The van der Waals surface area contributed by atoms with Crippen LogP contribution in [-0.2, 0) is 6.18 Å². The van der Waals surface area contributed by atoms with E-state index in [-0.39, 0.29) is 29.6 Å². The van der Waals surface area contributed by atoms with Gasteiger partial charge < -0.3 is 10.1 Å². The summed E-state index contributed by atoms with van der Waals surface area (Å²) < 4.78 is 46.7. The Morgan fingerprint density at radius 3 is 2.50 bits per heavy atom. The monoisotopic (exact) mass is 401 g/mol. The first kappa shape index (κ1) is 20.6. The highest BCUT2D eigenvalue weighted by atomic mass is 35.5. The first-order valence-corrected chi connectivity index (χ1v) is 8.81. The minimum atomic E-state index is -4.41. The summed E-state index contributed by atoms with van der Waals surface area (Å²) >= 11 is 1.28. The number of benzene rings is 2. The van der Waals surface area contributed by atoms with Crippen LogP contribution in [0.4, 0.5) is 13.2 Å². The van der Waals surface area contributed by atoms with Crippen LogP contribution in [0, 0.1) is 0 Å². The Morgan fingerprint density at radius 2 is 1.85 bits per heavy atom. The van der Waals surface area contributed by atoms with Crippen LogP contribution in [0.3, 0.4) is 0 Å². The quantitative estimate of drug-likeness (QED) is 0.541. The molecule has 1 aromatic heterocycles. The summed E-state index contributed by atoms with van der Waals surface area (Å²) in [6.45, 7) is 0.701. The molecule has 0 aliphatic heterocycles. The smallest absolute Gasteiger partial charge is 0.417 e. The fourth-order valence-corrected chi connectivity index (χ4v) is 3.59. The fourth-order valence-electron chi connectivity index (χ4n) is 2.75. The van der Waals surface area contributed by atoms with Crippen molar-refractivity contribution in [3.8, 4) is 5.75 Å². The highest BCUT2D eigenvalue weighted by Gasteiger charge is 2.33. The van der Waals surface area contributed by atoms with E-state index in [0.717, 1.165) is 11.6 Å². The summed E-state index contributed by atoms with van der Waals surface area (Å²) in [6, 6.07) is 13.8. The van der Waals surface area contributed by atoms with E-state index < -0.39 is 11.7 Å². The number of rotatable bonds is 6. The molecule has 0 aliphatic carbocycles. The molecule has 26 heavy (non-hydrogen) atoms. The number of hydrogen-bond acceptors (Lipinski definition) is 3. The maximum Gasteiger partial charge on any atom is 0.417 e. The summed E-state index contributed by atoms with van der Waals surface area (Å²) in [5.74, 6) is 0.243. The molecule has 0 saturated carbocycles. The third-order valence-electron chi connectivity index (χ3n) is 3.96. The fraction of sp³-hybridized carbons (Fsp3) is 0.263. The zero-order valence-electron chi connectivity index (χ0n) is 14.0. The second kappa shape index (κ2) is 8.75. The topological polar surface area (TPSA) is 21.3 Å². The van der Waals surface area contributed by atoms with Gasteiger partial charge in [0.05, 0.1) is 5.56 Å². The third-order valence-corrected chi connectivity index (χ3v) is 4.82. The predicted octanol–water partition coefficient (Wildman–Crippen LogP) is 6.07. The van der Waals surface area contributed by atoms with Crippen molar-refractivity contribution < 1.29 is 17.9 Å². The summed E-state index contributed by atoms with van der Waals surface area (Å²) in [7, 11) is 1.83. The number of nitrogens with one attached hydrogen (secondary N) is 1. The SMILES string of the molecule is CNCC[C@@H](Oc1cc(C(F)(F)F)c2ccsc2c1)c1ccccc1.Cl. The van der Waals surface area contributed by atoms with Crippen molar-refractivity contribution in [1.29, 1.82) is 0 Å². The van der Waals surface area contributed by atoms with Gasteiger partial charge in [-0.1, -0.05) is 30.3 Å². The van der Waals surface area contributed by atoms with E-state index in [9.17, 15) is 13.2 Å². The van der Waals surface area contributed by atoms with Crippen LogP contribution in [0.25, 0.3) is 10.1 Å². The lowest BCUT2D eigenvalue weighted by Gasteiger charge is -2.21. The molecular formula is C19H19ClF3NOS. The van der Waals surface area contributed by atoms with Crippen molar-refractivity contribution in [1.82, 2.24) is 5.32 Å². The van der Waals surface area contributed by atoms with Crippen LogP contribution in [0.1, 0.15) is 23.7 Å². The van der Waals surface area contributed by atoms with Crippen LogP contribution in [0.5, 0.6) is 5.75 Å². The van der Waals surface area contributed by atoms with Gasteiger partial charge in [-0.3, -0.25) is 0 Å². The van der Waals surface area contributed by atoms with Crippen LogP contribution in [0.2, 0.25) is 0 Å². The van der Waals surface area contributed by atoms with Crippen LogP contribution >= 0.6 is 23.7 Å². The third kappa shape index (κ3) is 4.69. The summed E-state index contributed by atoms with van der Waals surface area (Å²) in [5.41, 5.74) is 0.291.